The molecular formula is C10H13BrO2. The van der Waals surface area contributed by atoms with E-state index in [1.807, 2.05) is 31.2 Å². The van der Waals surface area contributed by atoms with Crippen molar-refractivity contribution in [2.75, 3.05) is 13.7 Å². The molecule has 0 unspecified atom stereocenters. The van der Waals surface area contributed by atoms with Crippen LogP contribution in [0, 0.1) is 0 Å². The molecule has 72 valence electrons. The largest absolute Gasteiger partial charge is 0.491 e. The summed E-state index contributed by atoms with van der Waals surface area (Å²) < 4.78 is 11.6. The lowest BCUT2D eigenvalue weighted by molar-refractivity contribution is 0.0716. The fraction of sp³-hybridized carbons (Fsp3) is 0.400. The van der Waals surface area contributed by atoms with Crippen LogP contribution in [-0.2, 0) is 4.74 Å². The van der Waals surface area contributed by atoms with Crippen molar-refractivity contribution in [1.82, 2.24) is 0 Å². The van der Waals surface area contributed by atoms with E-state index in [2.05, 4.69) is 15.9 Å². The third-order valence-corrected chi connectivity index (χ3v) is 2.18. The lowest BCUT2D eigenvalue weighted by Gasteiger charge is -2.11. The molecule has 13 heavy (non-hydrogen) atoms. The molecule has 0 amide bonds. The molecule has 0 N–H and O–H groups in total. The molecular weight excluding hydrogens is 232 g/mol. The normalized spacial score (nSPS) is 12.5. The van der Waals surface area contributed by atoms with Gasteiger partial charge in [-0.15, -0.1) is 0 Å². The molecule has 0 aliphatic heterocycles. The summed E-state index contributed by atoms with van der Waals surface area (Å²) in [6, 6.07) is 7.76. The van der Waals surface area contributed by atoms with Gasteiger partial charge in [0, 0.05) is 11.6 Å². The summed E-state index contributed by atoms with van der Waals surface area (Å²) in [5, 5.41) is 0. The van der Waals surface area contributed by atoms with Gasteiger partial charge in [-0.05, 0) is 25.1 Å². The highest BCUT2D eigenvalue weighted by molar-refractivity contribution is 9.10. The number of halogens is 1. The maximum Gasteiger partial charge on any atom is 0.120 e. The summed E-state index contributed by atoms with van der Waals surface area (Å²) in [6.45, 7) is 2.55. The predicted molar refractivity (Wildman–Crippen MR) is 56.1 cm³/mol. The Hall–Kier alpha value is -0.540. The van der Waals surface area contributed by atoms with Gasteiger partial charge < -0.3 is 9.47 Å². The number of benzene rings is 1. The third-order valence-electron chi connectivity index (χ3n) is 1.68. The molecule has 3 heteroatoms. The van der Waals surface area contributed by atoms with Crippen molar-refractivity contribution in [3.05, 3.63) is 28.7 Å². The second-order valence-corrected chi connectivity index (χ2v) is 3.73. The SMILES string of the molecule is CO[C@@H](C)COc1cccc(Br)c1. The van der Waals surface area contributed by atoms with Crippen LogP contribution in [0.4, 0.5) is 0 Å². The van der Waals surface area contributed by atoms with E-state index < -0.39 is 0 Å². The Balaban J connectivity index is 2.45. The van der Waals surface area contributed by atoms with Gasteiger partial charge in [-0.1, -0.05) is 22.0 Å². The fourth-order valence-electron chi connectivity index (χ4n) is 0.838. The Labute approximate surface area is 87.0 Å². The van der Waals surface area contributed by atoms with E-state index in [1.54, 1.807) is 7.11 Å². The van der Waals surface area contributed by atoms with Crippen molar-refractivity contribution >= 4 is 15.9 Å². The lowest BCUT2D eigenvalue weighted by Crippen LogP contribution is -2.15. The van der Waals surface area contributed by atoms with E-state index in [-0.39, 0.29) is 6.10 Å². The summed E-state index contributed by atoms with van der Waals surface area (Å²) in [6.07, 6.45) is 0.124. The standard InChI is InChI=1S/C10H13BrO2/c1-8(12-2)7-13-10-5-3-4-9(11)6-10/h3-6,8H,7H2,1-2H3/t8-/m0/s1. The number of rotatable bonds is 4. The van der Waals surface area contributed by atoms with Crippen molar-refractivity contribution in [3.8, 4) is 5.75 Å². The Morgan fingerprint density at radius 3 is 2.85 bits per heavy atom. The molecule has 1 rings (SSSR count). The van der Waals surface area contributed by atoms with Crippen LogP contribution < -0.4 is 4.74 Å². The zero-order chi connectivity index (χ0) is 9.68. The van der Waals surface area contributed by atoms with E-state index in [1.165, 1.54) is 0 Å². The van der Waals surface area contributed by atoms with Gasteiger partial charge in [0.05, 0.1) is 6.10 Å². The van der Waals surface area contributed by atoms with Crippen LogP contribution in [0.2, 0.25) is 0 Å². The quantitative estimate of drug-likeness (QED) is 0.812. The summed E-state index contributed by atoms with van der Waals surface area (Å²) in [5.74, 6) is 0.860. The molecule has 0 fully saturated rings. The topological polar surface area (TPSA) is 18.5 Å². The zero-order valence-electron chi connectivity index (χ0n) is 7.79. The molecule has 1 aromatic carbocycles. The van der Waals surface area contributed by atoms with Gasteiger partial charge in [0.2, 0.25) is 0 Å². The van der Waals surface area contributed by atoms with Gasteiger partial charge >= 0.3 is 0 Å². The van der Waals surface area contributed by atoms with E-state index in [9.17, 15) is 0 Å². The Morgan fingerprint density at radius 2 is 2.23 bits per heavy atom. The van der Waals surface area contributed by atoms with Crippen molar-refractivity contribution in [3.63, 3.8) is 0 Å². The lowest BCUT2D eigenvalue weighted by atomic mass is 10.3. The highest BCUT2D eigenvalue weighted by Crippen LogP contribution is 2.17. The van der Waals surface area contributed by atoms with Crippen LogP contribution in [0.15, 0.2) is 28.7 Å². The van der Waals surface area contributed by atoms with Gasteiger partial charge in [-0.3, -0.25) is 0 Å². The van der Waals surface area contributed by atoms with E-state index >= 15 is 0 Å². The van der Waals surface area contributed by atoms with Gasteiger partial charge in [0.1, 0.15) is 12.4 Å². The maximum absolute atomic E-state index is 5.48. The number of hydrogen-bond donors (Lipinski definition) is 0. The summed E-state index contributed by atoms with van der Waals surface area (Å²) >= 11 is 3.37. The van der Waals surface area contributed by atoms with Crippen LogP contribution in [0.5, 0.6) is 5.75 Å². The highest BCUT2D eigenvalue weighted by Gasteiger charge is 2.00. The first-order valence-electron chi connectivity index (χ1n) is 4.13. The minimum atomic E-state index is 0.124. The summed E-state index contributed by atoms with van der Waals surface area (Å²) in [4.78, 5) is 0. The Kier molecular flexibility index (Phi) is 4.25. The molecule has 0 aliphatic rings. The molecule has 0 radical (unpaired) electrons. The van der Waals surface area contributed by atoms with Crippen LogP contribution in [0.1, 0.15) is 6.92 Å². The van der Waals surface area contributed by atoms with Crippen LogP contribution in [0.3, 0.4) is 0 Å². The van der Waals surface area contributed by atoms with Crippen molar-refractivity contribution < 1.29 is 9.47 Å². The van der Waals surface area contributed by atoms with E-state index in [0.29, 0.717) is 6.61 Å². The van der Waals surface area contributed by atoms with Crippen molar-refractivity contribution in [2.24, 2.45) is 0 Å². The van der Waals surface area contributed by atoms with Gasteiger partial charge in [0.25, 0.3) is 0 Å². The molecule has 0 spiro atoms. The van der Waals surface area contributed by atoms with Crippen molar-refractivity contribution in [2.45, 2.75) is 13.0 Å². The highest BCUT2D eigenvalue weighted by atomic mass is 79.9. The average Bonchev–Trinajstić information content (AvgIpc) is 2.14. The number of hydrogen-bond acceptors (Lipinski definition) is 2. The second kappa shape index (κ2) is 5.25. The Morgan fingerprint density at radius 1 is 1.46 bits per heavy atom. The minimum absolute atomic E-state index is 0.124. The second-order valence-electron chi connectivity index (χ2n) is 2.81. The van der Waals surface area contributed by atoms with Gasteiger partial charge in [0.15, 0.2) is 0 Å². The third kappa shape index (κ3) is 3.79. The van der Waals surface area contributed by atoms with Gasteiger partial charge in [-0.2, -0.15) is 0 Å². The van der Waals surface area contributed by atoms with Crippen molar-refractivity contribution in [1.29, 1.82) is 0 Å². The van der Waals surface area contributed by atoms with Crippen LogP contribution in [-0.4, -0.2) is 19.8 Å². The number of ether oxygens (including phenoxy) is 2. The molecule has 0 aromatic heterocycles. The smallest absolute Gasteiger partial charge is 0.120 e. The Bertz CT molecular complexity index is 263. The molecule has 1 aromatic rings. The first-order chi connectivity index (χ1) is 6.22. The van der Waals surface area contributed by atoms with Gasteiger partial charge in [-0.25, -0.2) is 0 Å². The van der Waals surface area contributed by atoms with Crippen LogP contribution >= 0.6 is 15.9 Å². The maximum atomic E-state index is 5.48. The first-order valence-corrected chi connectivity index (χ1v) is 4.93. The summed E-state index contributed by atoms with van der Waals surface area (Å²) in [5.41, 5.74) is 0. The fourth-order valence-corrected chi connectivity index (χ4v) is 1.22. The number of methoxy groups -OCH3 is 1. The van der Waals surface area contributed by atoms with Crippen LogP contribution in [0.25, 0.3) is 0 Å². The molecule has 1 atom stereocenters. The zero-order valence-corrected chi connectivity index (χ0v) is 9.37. The minimum Gasteiger partial charge on any atom is -0.491 e. The molecule has 0 bridgehead atoms. The summed E-state index contributed by atoms with van der Waals surface area (Å²) in [7, 11) is 1.68. The average molecular weight is 245 g/mol. The molecule has 2 nitrogen and oxygen atoms in total. The molecule has 0 saturated carbocycles. The molecule has 0 heterocycles. The monoisotopic (exact) mass is 244 g/mol. The first kappa shape index (κ1) is 10.5. The van der Waals surface area contributed by atoms with E-state index in [0.717, 1.165) is 10.2 Å². The molecule has 0 saturated heterocycles. The molecule has 0 aliphatic carbocycles. The van der Waals surface area contributed by atoms with E-state index in [4.69, 9.17) is 9.47 Å². The predicted octanol–water partition coefficient (Wildman–Crippen LogP) is 2.86.